The Kier molecular flexibility index (Phi) is 5.50. The zero-order valence-electron chi connectivity index (χ0n) is 13.8. The van der Waals surface area contributed by atoms with E-state index in [1.165, 1.54) is 11.8 Å². The SMILES string of the molecule is COc1cc(Cl)c(C)cc1NC(=O)CCSc1nc2ccccc2o1. The molecule has 2 aromatic carbocycles. The van der Waals surface area contributed by atoms with E-state index >= 15 is 0 Å². The molecule has 0 saturated heterocycles. The number of aryl methyl sites for hydroxylation is 1. The lowest BCUT2D eigenvalue weighted by molar-refractivity contribution is -0.115. The van der Waals surface area contributed by atoms with Gasteiger partial charge in [0.2, 0.25) is 5.91 Å². The molecular formula is C18H17ClN2O3S. The topological polar surface area (TPSA) is 64.4 Å². The van der Waals surface area contributed by atoms with E-state index in [0.717, 1.165) is 16.7 Å². The van der Waals surface area contributed by atoms with Gasteiger partial charge in [0.05, 0.1) is 12.8 Å². The largest absolute Gasteiger partial charge is 0.495 e. The summed E-state index contributed by atoms with van der Waals surface area (Å²) in [5, 5.41) is 4.02. The predicted molar refractivity (Wildman–Crippen MR) is 101 cm³/mol. The van der Waals surface area contributed by atoms with Crippen molar-refractivity contribution in [2.24, 2.45) is 0 Å². The Morgan fingerprint density at radius 1 is 1.36 bits per heavy atom. The highest BCUT2D eigenvalue weighted by molar-refractivity contribution is 7.99. The molecule has 1 N–H and O–H groups in total. The van der Waals surface area contributed by atoms with Crippen LogP contribution < -0.4 is 10.1 Å². The molecule has 130 valence electrons. The normalized spacial score (nSPS) is 10.8. The maximum Gasteiger partial charge on any atom is 0.256 e. The number of fused-ring (bicyclic) bond motifs is 1. The second-order valence-electron chi connectivity index (χ2n) is 5.40. The summed E-state index contributed by atoms with van der Waals surface area (Å²) in [7, 11) is 1.54. The lowest BCUT2D eigenvalue weighted by atomic mass is 10.2. The van der Waals surface area contributed by atoms with Gasteiger partial charge in [0, 0.05) is 23.3 Å². The van der Waals surface area contributed by atoms with E-state index in [2.05, 4.69) is 10.3 Å². The molecule has 7 heteroatoms. The number of hydrogen-bond acceptors (Lipinski definition) is 5. The summed E-state index contributed by atoms with van der Waals surface area (Å²) in [6.07, 6.45) is 0.328. The van der Waals surface area contributed by atoms with Gasteiger partial charge in [0.1, 0.15) is 11.3 Å². The number of thioether (sulfide) groups is 1. The van der Waals surface area contributed by atoms with Crippen molar-refractivity contribution in [2.75, 3.05) is 18.2 Å². The molecule has 0 spiro atoms. The third kappa shape index (κ3) is 4.27. The molecule has 5 nitrogen and oxygen atoms in total. The van der Waals surface area contributed by atoms with Crippen molar-refractivity contribution in [3.05, 3.63) is 47.0 Å². The third-order valence-corrected chi connectivity index (χ3v) is 4.82. The van der Waals surface area contributed by atoms with Crippen molar-refractivity contribution in [3.63, 3.8) is 0 Å². The van der Waals surface area contributed by atoms with Gasteiger partial charge in [-0.1, -0.05) is 35.5 Å². The number of benzene rings is 2. The molecule has 0 fully saturated rings. The molecule has 0 aliphatic rings. The van der Waals surface area contributed by atoms with Crippen molar-refractivity contribution < 1.29 is 13.9 Å². The monoisotopic (exact) mass is 376 g/mol. The minimum Gasteiger partial charge on any atom is -0.495 e. The number of aromatic nitrogens is 1. The average Bonchev–Trinajstić information content (AvgIpc) is 3.00. The van der Waals surface area contributed by atoms with Crippen molar-refractivity contribution in [1.82, 2.24) is 4.98 Å². The van der Waals surface area contributed by atoms with E-state index in [1.54, 1.807) is 19.2 Å². The number of nitrogens with zero attached hydrogens (tertiary/aromatic N) is 1. The Balaban J connectivity index is 1.57. The lowest BCUT2D eigenvalue weighted by Gasteiger charge is -2.12. The van der Waals surface area contributed by atoms with Crippen molar-refractivity contribution in [1.29, 1.82) is 0 Å². The van der Waals surface area contributed by atoms with Gasteiger partial charge in [0.25, 0.3) is 5.22 Å². The molecule has 3 aromatic rings. The fourth-order valence-electron chi connectivity index (χ4n) is 2.29. The summed E-state index contributed by atoms with van der Waals surface area (Å²) in [5.74, 6) is 0.993. The number of amides is 1. The molecule has 0 unspecified atom stereocenters. The number of rotatable bonds is 6. The first-order valence-corrected chi connectivity index (χ1v) is 9.05. The van der Waals surface area contributed by atoms with Crippen molar-refractivity contribution in [2.45, 2.75) is 18.6 Å². The number of oxazole rings is 1. The Morgan fingerprint density at radius 3 is 2.92 bits per heavy atom. The van der Waals surface area contributed by atoms with Crippen LogP contribution in [0.5, 0.6) is 5.75 Å². The van der Waals surface area contributed by atoms with Crippen LogP contribution in [0.3, 0.4) is 0 Å². The zero-order valence-corrected chi connectivity index (χ0v) is 15.4. The average molecular weight is 377 g/mol. The molecule has 0 saturated carbocycles. The number of halogens is 1. The molecule has 1 aromatic heterocycles. The summed E-state index contributed by atoms with van der Waals surface area (Å²) in [4.78, 5) is 16.5. The van der Waals surface area contributed by atoms with Crippen molar-refractivity contribution in [3.8, 4) is 5.75 Å². The van der Waals surface area contributed by atoms with Gasteiger partial charge in [-0.3, -0.25) is 4.79 Å². The molecular weight excluding hydrogens is 360 g/mol. The van der Waals surface area contributed by atoms with Crippen LogP contribution >= 0.6 is 23.4 Å². The van der Waals surface area contributed by atoms with Gasteiger partial charge in [-0.25, -0.2) is 4.98 Å². The number of anilines is 1. The van der Waals surface area contributed by atoms with Crippen LogP contribution in [-0.4, -0.2) is 23.8 Å². The summed E-state index contributed by atoms with van der Waals surface area (Å²) in [5.41, 5.74) is 3.05. The number of para-hydroxylation sites is 2. The van der Waals surface area contributed by atoms with Crippen LogP contribution in [0.2, 0.25) is 5.02 Å². The highest BCUT2D eigenvalue weighted by atomic mass is 35.5. The first kappa shape index (κ1) is 17.6. The van der Waals surface area contributed by atoms with E-state index < -0.39 is 0 Å². The van der Waals surface area contributed by atoms with Crippen LogP contribution in [-0.2, 0) is 4.79 Å². The Bertz CT molecular complexity index is 877. The second-order valence-corrected chi connectivity index (χ2v) is 6.85. The van der Waals surface area contributed by atoms with Gasteiger partial charge in [-0.05, 0) is 30.7 Å². The van der Waals surface area contributed by atoms with E-state index in [1.807, 2.05) is 31.2 Å². The summed E-state index contributed by atoms with van der Waals surface area (Å²) in [6.45, 7) is 1.88. The Morgan fingerprint density at radius 2 is 2.16 bits per heavy atom. The minimum absolute atomic E-state index is 0.108. The highest BCUT2D eigenvalue weighted by Gasteiger charge is 2.11. The third-order valence-electron chi connectivity index (χ3n) is 3.58. The molecule has 0 aliphatic heterocycles. The van der Waals surface area contributed by atoms with Crippen LogP contribution in [0.1, 0.15) is 12.0 Å². The van der Waals surface area contributed by atoms with E-state index in [9.17, 15) is 4.79 Å². The molecule has 0 bridgehead atoms. The van der Waals surface area contributed by atoms with Gasteiger partial charge < -0.3 is 14.5 Å². The molecule has 0 aliphatic carbocycles. The second kappa shape index (κ2) is 7.80. The molecule has 1 amide bonds. The Labute approximate surface area is 154 Å². The van der Waals surface area contributed by atoms with E-state index in [4.69, 9.17) is 20.8 Å². The maximum atomic E-state index is 12.2. The van der Waals surface area contributed by atoms with Gasteiger partial charge in [-0.15, -0.1) is 0 Å². The number of ether oxygens (including phenoxy) is 1. The van der Waals surface area contributed by atoms with Crippen molar-refractivity contribution >= 4 is 46.1 Å². The molecule has 1 heterocycles. The zero-order chi connectivity index (χ0) is 17.8. The number of carbonyl (C=O) groups is 1. The standard InChI is InChI=1S/C18H17ClN2O3S/c1-11-9-14(16(23-2)10-12(11)19)20-17(22)7-8-25-18-21-13-5-3-4-6-15(13)24-18/h3-6,9-10H,7-8H2,1-2H3,(H,20,22). The van der Waals surface area contributed by atoms with E-state index in [-0.39, 0.29) is 5.91 Å². The van der Waals surface area contributed by atoms with Crippen LogP contribution in [0.25, 0.3) is 11.1 Å². The highest BCUT2D eigenvalue weighted by Crippen LogP contribution is 2.31. The Hall–Kier alpha value is -2.18. The maximum absolute atomic E-state index is 12.2. The molecule has 0 atom stereocenters. The fourth-order valence-corrected chi connectivity index (χ4v) is 3.21. The minimum atomic E-state index is -0.108. The number of methoxy groups -OCH3 is 1. The quantitative estimate of drug-likeness (QED) is 0.618. The van der Waals surface area contributed by atoms with E-state index in [0.29, 0.717) is 33.9 Å². The van der Waals surface area contributed by atoms with Gasteiger partial charge >= 0.3 is 0 Å². The first-order valence-electron chi connectivity index (χ1n) is 7.69. The van der Waals surface area contributed by atoms with Crippen LogP contribution in [0, 0.1) is 6.92 Å². The number of nitrogens with one attached hydrogen (secondary N) is 1. The molecule has 3 rings (SSSR count). The predicted octanol–water partition coefficient (Wildman–Crippen LogP) is 4.92. The van der Waals surface area contributed by atoms with Crippen LogP contribution in [0.15, 0.2) is 46.0 Å². The first-order chi connectivity index (χ1) is 12.1. The summed E-state index contributed by atoms with van der Waals surface area (Å²) >= 11 is 7.48. The number of carbonyl (C=O) groups excluding carboxylic acids is 1. The van der Waals surface area contributed by atoms with Crippen LogP contribution in [0.4, 0.5) is 5.69 Å². The summed E-state index contributed by atoms with van der Waals surface area (Å²) < 4.78 is 10.9. The summed E-state index contributed by atoms with van der Waals surface area (Å²) in [6, 6.07) is 11.1. The fraction of sp³-hybridized carbons (Fsp3) is 0.222. The number of hydrogen-bond donors (Lipinski definition) is 1. The van der Waals surface area contributed by atoms with Gasteiger partial charge in [0.15, 0.2) is 5.58 Å². The molecule has 25 heavy (non-hydrogen) atoms. The smallest absolute Gasteiger partial charge is 0.256 e. The van der Waals surface area contributed by atoms with Gasteiger partial charge in [-0.2, -0.15) is 0 Å². The lowest BCUT2D eigenvalue weighted by Crippen LogP contribution is -2.13. The molecule has 0 radical (unpaired) electrons.